The summed E-state index contributed by atoms with van der Waals surface area (Å²) in [6, 6.07) is 0. The number of ether oxygens (including phenoxy) is 1. The second-order valence-corrected chi connectivity index (χ2v) is 4.71. The molecule has 1 fully saturated rings. The van der Waals surface area contributed by atoms with Crippen LogP contribution in [0.15, 0.2) is 0 Å². The predicted octanol–water partition coefficient (Wildman–Crippen LogP) is 1.29. The first kappa shape index (κ1) is 15.2. The van der Waals surface area contributed by atoms with E-state index in [4.69, 9.17) is 10.5 Å². The average molecular weight is 268 g/mol. The normalized spacial score (nSPS) is 25.4. The summed E-state index contributed by atoms with van der Waals surface area (Å²) < 4.78 is 43.6. The molecule has 1 amide bonds. The highest BCUT2D eigenvalue weighted by Gasteiger charge is 2.55. The zero-order chi connectivity index (χ0) is 14.0. The highest BCUT2D eigenvalue weighted by molar-refractivity contribution is 5.86. The van der Waals surface area contributed by atoms with Crippen LogP contribution in [0.3, 0.4) is 0 Å². The van der Waals surface area contributed by atoms with Gasteiger partial charge >= 0.3 is 6.18 Å². The highest BCUT2D eigenvalue weighted by atomic mass is 19.4. The van der Waals surface area contributed by atoms with Crippen molar-refractivity contribution in [3.8, 4) is 0 Å². The number of carbonyl (C=O) groups excluding carboxylic acids is 1. The maximum absolute atomic E-state index is 12.7. The van der Waals surface area contributed by atoms with Crippen LogP contribution in [0.5, 0.6) is 0 Å². The van der Waals surface area contributed by atoms with Gasteiger partial charge in [0.05, 0.1) is 6.10 Å². The van der Waals surface area contributed by atoms with Crippen LogP contribution >= 0.6 is 0 Å². The van der Waals surface area contributed by atoms with Gasteiger partial charge in [-0.2, -0.15) is 13.2 Å². The Bertz CT molecular complexity index is 305. The molecule has 0 radical (unpaired) electrons. The Hall–Kier alpha value is -0.820. The van der Waals surface area contributed by atoms with Crippen LogP contribution in [0, 0.1) is 0 Å². The van der Waals surface area contributed by atoms with Crippen LogP contribution in [-0.4, -0.2) is 48.3 Å². The first-order valence-electron chi connectivity index (χ1n) is 5.96. The van der Waals surface area contributed by atoms with E-state index in [-0.39, 0.29) is 19.2 Å². The Morgan fingerprint density at radius 3 is 2.61 bits per heavy atom. The minimum absolute atomic E-state index is 0.165. The molecule has 2 unspecified atom stereocenters. The number of hydrogen-bond donors (Lipinski definition) is 1. The number of nitrogens with two attached hydrogens (primary N) is 1. The number of nitrogens with zero attached hydrogens (tertiary/aromatic N) is 1. The molecular formula is C11H19F3N2O2. The number of halogens is 3. The smallest absolute Gasteiger partial charge is 0.376 e. The van der Waals surface area contributed by atoms with Gasteiger partial charge in [0, 0.05) is 19.7 Å². The van der Waals surface area contributed by atoms with Gasteiger partial charge in [-0.05, 0) is 19.8 Å². The van der Waals surface area contributed by atoms with Crippen LogP contribution < -0.4 is 5.73 Å². The van der Waals surface area contributed by atoms with Crippen molar-refractivity contribution in [1.82, 2.24) is 4.90 Å². The van der Waals surface area contributed by atoms with Crippen molar-refractivity contribution in [2.75, 3.05) is 19.7 Å². The van der Waals surface area contributed by atoms with Crippen LogP contribution in [-0.2, 0) is 9.53 Å². The Morgan fingerprint density at radius 2 is 2.11 bits per heavy atom. The third-order valence-corrected chi connectivity index (χ3v) is 3.13. The van der Waals surface area contributed by atoms with Gasteiger partial charge in [-0.25, -0.2) is 0 Å². The zero-order valence-corrected chi connectivity index (χ0v) is 10.6. The van der Waals surface area contributed by atoms with Crippen molar-refractivity contribution in [3.05, 3.63) is 0 Å². The molecule has 7 heteroatoms. The third kappa shape index (κ3) is 3.14. The molecule has 0 saturated carbocycles. The number of rotatable bonds is 2. The third-order valence-electron chi connectivity index (χ3n) is 3.13. The highest BCUT2D eigenvalue weighted by Crippen LogP contribution is 2.30. The average Bonchev–Trinajstić information content (AvgIpc) is 2.51. The topological polar surface area (TPSA) is 55.6 Å². The molecule has 0 aromatic rings. The lowest BCUT2D eigenvalue weighted by Crippen LogP contribution is -2.62. The number of amides is 1. The zero-order valence-electron chi connectivity index (χ0n) is 10.6. The number of hydrogen-bond acceptors (Lipinski definition) is 3. The first-order chi connectivity index (χ1) is 8.20. The molecule has 1 aliphatic heterocycles. The van der Waals surface area contributed by atoms with Gasteiger partial charge in [0.25, 0.3) is 5.91 Å². The summed E-state index contributed by atoms with van der Waals surface area (Å²) in [6.45, 7) is 3.44. The van der Waals surface area contributed by atoms with Crippen LogP contribution in [0.4, 0.5) is 13.2 Å². The molecule has 2 N–H and O–H groups in total. The fourth-order valence-electron chi connectivity index (χ4n) is 1.78. The van der Waals surface area contributed by atoms with Crippen molar-refractivity contribution in [3.63, 3.8) is 0 Å². The molecule has 0 aliphatic carbocycles. The van der Waals surface area contributed by atoms with Crippen LogP contribution in [0.25, 0.3) is 0 Å². The van der Waals surface area contributed by atoms with E-state index >= 15 is 0 Å². The second-order valence-electron chi connectivity index (χ2n) is 4.71. The Balaban J connectivity index is 2.82. The maximum Gasteiger partial charge on any atom is 0.415 e. The molecule has 0 bridgehead atoms. The molecule has 1 rings (SSSR count). The standard InChI is InChI=1S/C11H19F3N2O2/c1-3-8-7-16(5-4-6-18-8)9(17)10(2,15)11(12,13)14/h8H,3-7,15H2,1-2H3. The van der Waals surface area contributed by atoms with Crippen molar-refractivity contribution in [2.45, 2.75) is 44.5 Å². The fourth-order valence-corrected chi connectivity index (χ4v) is 1.78. The molecular weight excluding hydrogens is 249 g/mol. The van der Waals surface area contributed by atoms with E-state index < -0.39 is 17.6 Å². The van der Waals surface area contributed by atoms with E-state index in [1.807, 2.05) is 6.92 Å². The summed E-state index contributed by atoms with van der Waals surface area (Å²) in [5, 5.41) is 0. The molecule has 2 atom stereocenters. The predicted molar refractivity (Wildman–Crippen MR) is 59.9 cm³/mol. The van der Waals surface area contributed by atoms with Crippen molar-refractivity contribution in [2.24, 2.45) is 5.73 Å². The summed E-state index contributed by atoms with van der Waals surface area (Å²) in [4.78, 5) is 13.1. The molecule has 0 aromatic carbocycles. The van der Waals surface area contributed by atoms with E-state index in [9.17, 15) is 18.0 Å². The van der Waals surface area contributed by atoms with Crippen LogP contribution in [0.2, 0.25) is 0 Å². The van der Waals surface area contributed by atoms with Gasteiger partial charge in [-0.15, -0.1) is 0 Å². The largest absolute Gasteiger partial charge is 0.415 e. The summed E-state index contributed by atoms with van der Waals surface area (Å²) in [5.41, 5.74) is 2.31. The van der Waals surface area contributed by atoms with E-state index in [0.717, 1.165) is 4.90 Å². The minimum Gasteiger partial charge on any atom is -0.376 e. The molecule has 1 aliphatic rings. The summed E-state index contributed by atoms with van der Waals surface area (Å²) in [6.07, 6.45) is -3.80. The van der Waals surface area contributed by atoms with Gasteiger partial charge in [0.2, 0.25) is 0 Å². The molecule has 1 saturated heterocycles. The van der Waals surface area contributed by atoms with Gasteiger partial charge in [0.1, 0.15) is 0 Å². The molecule has 4 nitrogen and oxygen atoms in total. The molecule has 0 aromatic heterocycles. The number of alkyl halides is 3. The molecule has 1 heterocycles. The van der Waals surface area contributed by atoms with E-state index in [0.29, 0.717) is 26.4 Å². The lowest BCUT2D eigenvalue weighted by Gasteiger charge is -2.33. The lowest BCUT2D eigenvalue weighted by molar-refractivity contribution is -0.194. The Labute approximate surface area is 104 Å². The maximum atomic E-state index is 12.7. The molecule has 18 heavy (non-hydrogen) atoms. The molecule has 0 spiro atoms. The van der Waals surface area contributed by atoms with Crippen LogP contribution in [0.1, 0.15) is 26.7 Å². The summed E-state index contributed by atoms with van der Waals surface area (Å²) in [5.74, 6) is -1.08. The van der Waals surface area contributed by atoms with E-state index in [1.54, 1.807) is 0 Å². The van der Waals surface area contributed by atoms with Gasteiger partial charge in [0.15, 0.2) is 5.54 Å². The van der Waals surface area contributed by atoms with Crippen molar-refractivity contribution in [1.29, 1.82) is 0 Å². The quantitative estimate of drug-likeness (QED) is 0.821. The van der Waals surface area contributed by atoms with Crippen molar-refractivity contribution < 1.29 is 22.7 Å². The Morgan fingerprint density at radius 1 is 1.50 bits per heavy atom. The lowest BCUT2D eigenvalue weighted by atomic mass is 10.0. The SMILES string of the molecule is CCC1CN(C(=O)C(C)(N)C(F)(F)F)CCCO1. The minimum atomic E-state index is -4.75. The fraction of sp³-hybridized carbons (Fsp3) is 0.909. The second kappa shape index (κ2) is 5.44. The summed E-state index contributed by atoms with van der Waals surface area (Å²) in [7, 11) is 0. The number of carbonyl (C=O) groups is 1. The van der Waals surface area contributed by atoms with Gasteiger partial charge < -0.3 is 15.4 Å². The van der Waals surface area contributed by atoms with Crippen molar-refractivity contribution >= 4 is 5.91 Å². The first-order valence-corrected chi connectivity index (χ1v) is 5.96. The van der Waals surface area contributed by atoms with E-state index in [1.165, 1.54) is 0 Å². The van der Waals surface area contributed by atoms with Gasteiger partial charge in [-0.1, -0.05) is 6.92 Å². The molecule has 106 valence electrons. The Kier molecular flexibility index (Phi) is 4.61. The van der Waals surface area contributed by atoms with E-state index in [2.05, 4.69) is 0 Å². The monoisotopic (exact) mass is 268 g/mol. The summed E-state index contributed by atoms with van der Waals surface area (Å²) >= 11 is 0. The van der Waals surface area contributed by atoms with Gasteiger partial charge in [-0.3, -0.25) is 4.79 Å².